The van der Waals surface area contributed by atoms with E-state index in [9.17, 15) is 0 Å². The first-order chi connectivity index (χ1) is 14.2. The van der Waals surface area contributed by atoms with Gasteiger partial charge < -0.3 is 4.90 Å². The zero-order chi connectivity index (χ0) is 20.1. The van der Waals surface area contributed by atoms with E-state index in [2.05, 4.69) is 78.0 Å². The van der Waals surface area contributed by atoms with Gasteiger partial charge in [-0.25, -0.2) is 0 Å². The van der Waals surface area contributed by atoms with Crippen LogP contribution in [0.3, 0.4) is 0 Å². The summed E-state index contributed by atoms with van der Waals surface area (Å²) in [4.78, 5) is 1.34. The molecule has 0 unspecified atom stereocenters. The number of quaternary nitrogens is 1. The van der Waals surface area contributed by atoms with E-state index < -0.39 is 0 Å². The van der Waals surface area contributed by atoms with Gasteiger partial charge in [0.25, 0.3) is 0 Å². The molecule has 1 heterocycles. The fourth-order valence-corrected chi connectivity index (χ4v) is 3.62. The van der Waals surface area contributed by atoms with Gasteiger partial charge in [0.15, 0.2) is 6.67 Å². The van der Waals surface area contributed by atoms with Crippen LogP contribution in [-0.2, 0) is 19.8 Å². The maximum atomic E-state index is 5.68. The second-order valence-corrected chi connectivity index (χ2v) is 7.61. The molecule has 0 amide bonds. The van der Waals surface area contributed by atoms with Gasteiger partial charge >= 0.3 is 0 Å². The Morgan fingerprint density at radius 1 is 0.759 bits per heavy atom. The van der Waals surface area contributed by atoms with Crippen LogP contribution in [0.1, 0.15) is 16.7 Å². The minimum absolute atomic E-state index is 0.604. The smallest absolute Gasteiger partial charge is 0.225 e. The summed E-state index contributed by atoms with van der Waals surface area (Å²) < 4.78 is 4.14. The Morgan fingerprint density at radius 2 is 1.31 bits per heavy atom. The molecule has 5 nitrogen and oxygen atoms in total. The average molecular weight is 403 g/mol. The van der Waals surface area contributed by atoms with Gasteiger partial charge in [0.2, 0.25) is 4.77 Å². The zero-order valence-corrected chi connectivity index (χ0v) is 17.2. The molecule has 0 fully saturated rings. The fraction of sp³-hybridized carbons (Fsp3) is 0.174. The molecule has 0 saturated carbocycles. The number of hydrogen-bond acceptors (Lipinski definition) is 3. The first kappa shape index (κ1) is 19.2. The van der Waals surface area contributed by atoms with Crippen molar-refractivity contribution in [2.45, 2.75) is 26.7 Å². The van der Waals surface area contributed by atoms with E-state index in [0.29, 0.717) is 11.4 Å². The third-order valence-corrected chi connectivity index (χ3v) is 5.27. The van der Waals surface area contributed by atoms with Crippen molar-refractivity contribution in [3.8, 4) is 5.69 Å². The van der Waals surface area contributed by atoms with Gasteiger partial charge in [-0.1, -0.05) is 78.4 Å². The van der Waals surface area contributed by atoms with Crippen molar-refractivity contribution in [3.63, 3.8) is 0 Å². The van der Waals surface area contributed by atoms with E-state index in [-0.39, 0.29) is 0 Å². The summed E-state index contributed by atoms with van der Waals surface area (Å²) in [6.07, 6.45) is 0. The van der Waals surface area contributed by atoms with Crippen molar-refractivity contribution in [1.29, 1.82) is 0 Å². The summed E-state index contributed by atoms with van der Waals surface area (Å²) >= 11 is 5.68. The first-order valence-electron chi connectivity index (χ1n) is 9.70. The molecule has 1 N–H and O–H groups in total. The van der Waals surface area contributed by atoms with Crippen LogP contribution in [0.15, 0.2) is 84.9 Å². The molecular weight excluding hydrogens is 378 g/mol. The Bertz CT molecular complexity index is 1060. The number of benzene rings is 3. The van der Waals surface area contributed by atoms with Gasteiger partial charge in [-0.05, 0) is 41.7 Å². The Morgan fingerprint density at radius 3 is 1.86 bits per heavy atom. The summed E-state index contributed by atoms with van der Waals surface area (Å²) in [6.45, 7) is 4.48. The molecule has 0 atom stereocenters. The molecule has 0 saturated heterocycles. The molecule has 146 valence electrons. The highest BCUT2D eigenvalue weighted by atomic mass is 32.1. The van der Waals surface area contributed by atoms with Gasteiger partial charge in [-0.2, -0.15) is 9.36 Å². The van der Waals surface area contributed by atoms with Gasteiger partial charge in [-0.3, -0.25) is 0 Å². The highest BCUT2D eigenvalue weighted by Gasteiger charge is 2.15. The van der Waals surface area contributed by atoms with E-state index in [0.717, 1.165) is 18.8 Å². The number of hydrogen-bond donors (Lipinski definition) is 1. The first-order valence-corrected chi connectivity index (χ1v) is 10.1. The molecule has 6 heteroatoms. The van der Waals surface area contributed by atoms with Crippen molar-refractivity contribution < 1.29 is 4.90 Å². The third-order valence-electron chi connectivity index (χ3n) is 4.89. The maximum Gasteiger partial charge on any atom is 0.225 e. The SMILES string of the molecule is Cc1ccc(-n2nnn(C[NH+](Cc3ccccc3)Cc3ccccc3)c2=S)cc1. The molecule has 3 aromatic carbocycles. The Labute approximate surface area is 175 Å². The van der Waals surface area contributed by atoms with Crippen molar-refractivity contribution >= 4 is 12.2 Å². The van der Waals surface area contributed by atoms with E-state index in [1.807, 2.05) is 28.9 Å². The van der Waals surface area contributed by atoms with Crippen LogP contribution in [0.2, 0.25) is 0 Å². The highest BCUT2D eigenvalue weighted by molar-refractivity contribution is 7.71. The van der Waals surface area contributed by atoms with Crippen LogP contribution in [0, 0.1) is 11.7 Å². The second kappa shape index (κ2) is 8.94. The molecule has 0 spiro atoms. The van der Waals surface area contributed by atoms with Crippen LogP contribution in [0.5, 0.6) is 0 Å². The minimum atomic E-state index is 0.604. The minimum Gasteiger partial charge on any atom is -0.309 e. The number of aryl methyl sites for hydroxylation is 1. The predicted octanol–water partition coefficient (Wildman–Crippen LogP) is 3.35. The summed E-state index contributed by atoms with van der Waals surface area (Å²) in [6, 6.07) is 29.2. The van der Waals surface area contributed by atoms with E-state index >= 15 is 0 Å². The largest absolute Gasteiger partial charge is 0.309 e. The van der Waals surface area contributed by atoms with Crippen molar-refractivity contribution in [2.75, 3.05) is 0 Å². The topological polar surface area (TPSA) is 40.1 Å². The molecule has 29 heavy (non-hydrogen) atoms. The molecular formula is C23H24N5S+. The van der Waals surface area contributed by atoms with Crippen molar-refractivity contribution in [3.05, 3.63) is 106 Å². The number of tetrazole rings is 1. The lowest BCUT2D eigenvalue weighted by atomic mass is 10.2. The van der Waals surface area contributed by atoms with Crippen LogP contribution in [0.4, 0.5) is 0 Å². The lowest BCUT2D eigenvalue weighted by molar-refractivity contribution is -0.950. The molecule has 0 aliphatic carbocycles. The highest BCUT2D eigenvalue weighted by Crippen LogP contribution is 2.08. The van der Waals surface area contributed by atoms with Crippen LogP contribution >= 0.6 is 12.2 Å². The summed E-state index contributed by atoms with van der Waals surface area (Å²) in [7, 11) is 0. The van der Waals surface area contributed by atoms with E-state index in [1.54, 1.807) is 4.68 Å². The lowest BCUT2D eigenvalue weighted by Gasteiger charge is -2.19. The standard InChI is InChI=1S/C23H23N5S/c1-19-12-14-22(15-13-19)28-23(29)27(24-25-28)18-26(16-20-8-4-2-5-9-20)17-21-10-6-3-7-11-21/h2-15H,16-18H2,1H3/p+1. The van der Waals surface area contributed by atoms with Crippen molar-refractivity contribution in [2.24, 2.45) is 0 Å². The summed E-state index contributed by atoms with van der Waals surface area (Å²) in [5.74, 6) is 0. The van der Waals surface area contributed by atoms with Gasteiger partial charge in [0, 0.05) is 11.1 Å². The monoisotopic (exact) mass is 402 g/mol. The number of nitrogens with zero attached hydrogens (tertiary/aromatic N) is 4. The molecule has 4 aromatic rings. The predicted molar refractivity (Wildman–Crippen MR) is 116 cm³/mol. The molecule has 4 rings (SSSR count). The van der Waals surface area contributed by atoms with Crippen LogP contribution in [-0.4, -0.2) is 19.8 Å². The number of rotatable bonds is 7. The summed E-state index contributed by atoms with van der Waals surface area (Å²) in [5, 5.41) is 8.64. The van der Waals surface area contributed by atoms with E-state index in [4.69, 9.17) is 12.2 Å². The fourth-order valence-electron chi connectivity index (χ4n) is 3.38. The van der Waals surface area contributed by atoms with Crippen molar-refractivity contribution in [1.82, 2.24) is 19.8 Å². The normalized spacial score (nSPS) is 11.1. The quantitative estimate of drug-likeness (QED) is 0.482. The van der Waals surface area contributed by atoms with Crippen LogP contribution in [0.25, 0.3) is 5.69 Å². The number of aromatic nitrogens is 4. The van der Waals surface area contributed by atoms with Gasteiger partial charge in [0.1, 0.15) is 13.1 Å². The maximum absolute atomic E-state index is 5.68. The lowest BCUT2D eigenvalue weighted by Crippen LogP contribution is -3.08. The van der Waals surface area contributed by atoms with Crippen LogP contribution < -0.4 is 4.90 Å². The molecule has 0 radical (unpaired) electrons. The third kappa shape index (κ3) is 4.85. The average Bonchev–Trinajstić information content (AvgIpc) is 3.10. The summed E-state index contributed by atoms with van der Waals surface area (Å²) in [5.41, 5.74) is 4.71. The Balaban J connectivity index is 1.58. The molecule has 0 bridgehead atoms. The number of nitrogens with one attached hydrogen (secondary N) is 1. The Hall–Kier alpha value is -3.09. The van der Waals surface area contributed by atoms with E-state index in [1.165, 1.54) is 21.6 Å². The molecule has 1 aromatic heterocycles. The van der Waals surface area contributed by atoms with Gasteiger partial charge in [0.05, 0.1) is 5.69 Å². The molecule has 0 aliphatic heterocycles. The molecule has 0 aliphatic rings. The zero-order valence-electron chi connectivity index (χ0n) is 16.4. The second-order valence-electron chi connectivity index (χ2n) is 7.24. The Kier molecular flexibility index (Phi) is 5.93. The van der Waals surface area contributed by atoms with Gasteiger partial charge in [-0.15, -0.1) is 0 Å².